The quantitative estimate of drug-likeness (QED) is 0.762. The first kappa shape index (κ1) is 12.4. The molecule has 0 radical (unpaired) electrons. The summed E-state index contributed by atoms with van der Waals surface area (Å²) in [6.45, 7) is 4.24. The van der Waals surface area contributed by atoms with Gasteiger partial charge in [-0.05, 0) is 62.9 Å². The molecule has 0 heterocycles. The van der Waals surface area contributed by atoms with Crippen molar-refractivity contribution < 1.29 is 4.74 Å². The Morgan fingerprint density at radius 1 is 1.18 bits per heavy atom. The van der Waals surface area contributed by atoms with Gasteiger partial charge in [0.2, 0.25) is 0 Å². The van der Waals surface area contributed by atoms with Crippen molar-refractivity contribution in [3.63, 3.8) is 0 Å². The van der Waals surface area contributed by atoms with Crippen LogP contribution < -0.4 is 10.1 Å². The number of hydrogen-bond acceptors (Lipinski definition) is 2. The normalized spacial score (nSPS) is 16.3. The molecule has 1 N–H and O–H groups in total. The van der Waals surface area contributed by atoms with Crippen LogP contribution in [0.1, 0.15) is 38.2 Å². The van der Waals surface area contributed by atoms with Crippen LogP contribution >= 0.6 is 0 Å². The summed E-state index contributed by atoms with van der Waals surface area (Å²) in [4.78, 5) is 0. The minimum Gasteiger partial charge on any atom is -0.490 e. The van der Waals surface area contributed by atoms with Crippen LogP contribution in [-0.4, -0.2) is 19.2 Å². The van der Waals surface area contributed by atoms with E-state index in [9.17, 15) is 0 Å². The first-order valence-electron chi connectivity index (χ1n) is 6.85. The number of benzene rings is 1. The highest BCUT2D eigenvalue weighted by Crippen LogP contribution is 2.24. The van der Waals surface area contributed by atoms with Gasteiger partial charge in [0.25, 0.3) is 0 Å². The highest BCUT2D eigenvalue weighted by molar-refractivity contribution is 5.27. The summed E-state index contributed by atoms with van der Waals surface area (Å²) in [6, 6.07) is 8.59. The zero-order valence-electron chi connectivity index (χ0n) is 10.7. The Bertz CT molecular complexity index is 314. The van der Waals surface area contributed by atoms with Crippen molar-refractivity contribution in [2.45, 2.75) is 45.1 Å². The van der Waals surface area contributed by atoms with E-state index in [0.29, 0.717) is 6.10 Å². The molecule has 0 spiro atoms. The van der Waals surface area contributed by atoms with Crippen LogP contribution in [0.15, 0.2) is 24.3 Å². The summed E-state index contributed by atoms with van der Waals surface area (Å²) in [7, 11) is 0. The average Bonchev–Trinajstić information content (AvgIpc) is 2.85. The monoisotopic (exact) mass is 233 g/mol. The molecule has 94 valence electrons. The highest BCUT2D eigenvalue weighted by atomic mass is 16.5. The molecular weight excluding hydrogens is 210 g/mol. The maximum atomic E-state index is 5.94. The number of likely N-dealkylation sites (N-methyl/N-ethyl adjacent to an activating group) is 1. The van der Waals surface area contributed by atoms with Crippen molar-refractivity contribution in [1.29, 1.82) is 0 Å². The maximum absolute atomic E-state index is 5.94. The molecule has 2 heteroatoms. The Hall–Kier alpha value is -1.02. The highest BCUT2D eigenvalue weighted by Gasteiger charge is 2.16. The first-order valence-corrected chi connectivity index (χ1v) is 6.85. The molecule has 1 aromatic rings. The van der Waals surface area contributed by atoms with Crippen LogP contribution in [0.5, 0.6) is 5.75 Å². The fourth-order valence-corrected chi connectivity index (χ4v) is 2.34. The minimum atomic E-state index is 0.461. The van der Waals surface area contributed by atoms with E-state index >= 15 is 0 Å². The van der Waals surface area contributed by atoms with Crippen LogP contribution in [-0.2, 0) is 6.42 Å². The zero-order valence-corrected chi connectivity index (χ0v) is 10.7. The molecule has 0 aromatic heterocycles. The largest absolute Gasteiger partial charge is 0.490 e. The molecule has 2 nitrogen and oxygen atoms in total. The molecule has 2 rings (SSSR count). The molecule has 1 aromatic carbocycles. The fraction of sp³-hybridized carbons (Fsp3) is 0.600. The molecule has 0 atom stereocenters. The summed E-state index contributed by atoms with van der Waals surface area (Å²) in [5.41, 5.74) is 1.38. The lowest BCUT2D eigenvalue weighted by Crippen LogP contribution is -2.16. The molecule has 1 saturated carbocycles. The summed E-state index contributed by atoms with van der Waals surface area (Å²) >= 11 is 0. The van der Waals surface area contributed by atoms with Crippen LogP contribution in [0.2, 0.25) is 0 Å². The number of rotatable bonds is 6. The van der Waals surface area contributed by atoms with Crippen molar-refractivity contribution in [2.24, 2.45) is 0 Å². The molecule has 0 unspecified atom stereocenters. The standard InChI is InChI=1S/C15H23NO/c1-2-16-12-11-13-7-9-15(10-8-13)17-14-5-3-4-6-14/h7-10,14,16H,2-6,11-12H2,1H3. The third kappa shape index (κ3) is 4.04. The topological polar surface area (TPSA) is 21.3 Å². The predicted octanol–water partition coefficient (Wildman–Crippen LogP) is 3.16. The lowest BCUT2D eigenvalue weighted by molar-refractivity contribution is 0.210. The van der Waals surface area contributed by atoms with Crippen LogP contribution in [0, 0.1) is 0 Å². The molecule has 0 saturated heterocycles. The second-order valence-corrected chi connectivity index (χ2v) is 4.77. The molecule has 0 aliphatic heterocycles. The molecule has 1 aliphatic rings. The van der Waals surface area contributed by atoms with Crippen LogP contribution in [0.4, 0.5) is 0 Å². The van der Waals surface area contributed by atoms with E-state index in [1.807, 2.05) is 0 Å². The molecule has 17 heavy (non-hydrogen) atoms. The van der Waals surface area contributed by atoms with Gasteiger partial charge in [0, 0.05) is 0 Å². The number of ether oxygens (including phenoxy) is 1. The van der Waals surface area contributed by atoms with Crippen LogP contribution in [0.3, 0.4) is 0 Å². The molecule has 0 amide bonds. The molecular formula is C15H23NO. The zero-order chi connectivity index (χ0) is 11.9. The van der Waals surface area contributed by atoms with Gasteiger partial charge in [0.05, 0.1) is 6.10 Å². The molecule has 1 fully saturated rings. The van der Waals surface area contributed by atoms with Gasteiger partial charge >= 0.3 is 0 Å². The van der Waals surface area contributed by atoms with E-state index in [0.717, 1.165) is 25.3 Å². The maximum Gasteiger partial charge on any atom is 0.119 e. The van der Waals surface area contributed by atoms with Gasteiger partial charge in [-0.2, -0.15) is 0 Å². The Labute approximate surface area is 104 Å². The van der Waals surface area contributed by atoms with Gasteiger partial charge in [-0.1, -0.05) is 19.1 Å². The third-order valence-electron chi connectivity index (χ3n) is 3.37. The van der Waals surface area contributed by atoms with Gasteiger partial charge in [0.15, 0.2) is 0 Å². The summed E-state index contributed by atoms with van der Waals surface area (Å²) in [5, 5.41) is 3.34. The van der Waals surface area contributed by atoms with Gasteiger partial charge in [-0.15, -0.1) is 0 Å². The van der Waals surface area contributed by atoms with Crippen molar-refractivity contribution in [1.82, 2.24) is 5.32 Å². The van der Waals surface area contributed by atoms with E-state index in [-0.39, 0.29) is 0 Å². The Balaban J connectivity index is 1.80. The van der Waals surface area contributed by atoms with E-state index < -0.39 is 0 Å². The average molecular weight is 233 g/mol. The Morgan fingerprint density at radius 3 is 2.53 bits per heavy atom. The summed E-state index contributed by atoms with van der Waals surface area (Å²) in [6.07, 6.45) is 6.65. The third-order valence-corrected chi connectivity index (χ3v) is 3.37. The van der Waals surface area contributed by atoms with Gasteiger partial charge < -0.3 is 10.1 Å². The lowest BCUT2D eigenvalue weighted by Gasteiger charge is -2.13. The predicted molar refractivity (Wildman–Crippen MR) is 71.6 cm³/mol. The van der Waals surface area contributed by atoms with E-state index in [4.69, 9.17) is 4.74 Å². The number of hydrogen-bond donors (Lipinski definition) is 1. The first-order chi connectivity index (χ1) is 8.38. The number of nitrogens with one attached hydrogen (secondary N) is 1. The van der Waals surface area contributed by atoms with Crippen molar-refractivity contribution in [3.05, 3.63) is 29.8 Å². The van der Waals surface area contributed by atoms with Gasteiger partial charge in [-0.25, -0.2) is 0 Å². The smallest absolute Gasteiger partial charge is 0.119 e. The van der Waals surface area contributed by atoms with Crippen LogP contribution in [0.25, 0.3) is 0 Å². The Kier molecular flexibility index (Phi) is 4.87. The summed E-state index contributed by atoms with van der Waals surface area (Å²) in [5.74, 6) is 1.03. The molecule has 0 bridgehead atoms. The van der Waals surface area contributed by atoms with E-state index in [2.05, 4.69) is 36.5 Å². The lowest BCUT2D eigenvalue weighted by atomic mass is 10.1. The fourth-order valence-electron chi connectivity index (χ4n) is 2.34. The Morgan fingerprint density at radius 2 is 1.88 bits per heavy atom. The minimum absolute atomic E-state index is 0.461. The SMILES string of the molecule is CCNCCc1ccc(OC2CCCC2)cc1. The van der Waals surface area contributed by atoms with E-state index in [1.54, 1.807) is 0 Å². The summed E-state index contributed by atoms with van der Waals surface area (Å²) < 4.78 is 5.94. The van der Waals surface area contributed by atoms with E-state index in [1.165, 1.54) is 31.2 Å². The second-order valence-electron chi connectivity index (χ2n) is 4.77. The van der Waals surface area contributed by atoms with Gasteiger partial charge in [0.1, 0.15) is 5.75 Å². The van der Waals surface area contributed by atoms with Crippen molar-refractivity contribution in [3.8, 4) is 5.75 Å². The second kappa shape index (κ2) is 6.65. The van der Waals surface area contributed by atoms with Crippen molar-refractivity contribution in [2.75, 3.05) is 13.1 Å². The van der Waals surface area contributed by atoms with Gasteiger partial charge in [-0.3, -0.25) is 0 Å². The molecule has 1 aliphatic carbocycles. The van der Waals surface area contributed by atoms with Crippen molar-refractivity contribution >= 4 is 0 Å².